The van der Waals surface area contributed by atoms with Crippen molar-refractivity contribution in [1.29, 1.82) is 0 Å². The van der Waals surface area contributed by atoms with Gasteiger partial charge in [-0.3, -0.25) is 0 Å². The molecule has 0 heterocycles. The van der Waals surface area contributed by atoms with E-state index in [-0.39, 0.29) is 11.7 Å². The van der Waals surface area contributed by atoms with E-state index in [4.69, 9.17) is 9.47 Å². The summed E-state index contributed by atoms with van der Waals surface area (Å²) in [5, 5.41) is 0. The van der Waals surface area contributed by atoms with Gasteiger partial charge in [0.2, 0.25) is 0 Å². The maximum Gasteiger partial charge on any atom is 0.103 e. The number of hydrogen-bond donors (Lipinski definition) is 0. The van der Waals surface area contributed by atoms with E-state index in [2.05, 4.69) is 53.0 Å². The first-order chi connectivity index (χ1) is 15.1. The lowest BCUT2D eigenvalue weighted by Crippen LogP contribution is -2.36. The van der Waals surface area contributed by atoms with Crippen LogP contribution in [-0.2, 0) is 9.47 Å². The van der Waals surface area contributed by atoms with Gasteiger partial charge in [-0.1, -0.05) is 57.6 Å². The van der Waals surface area contributed by atoms with Crippen molar-refractivity contribution < 1.29 is 9.47 Å². The lowest BCUT2D eigenvalue weighted by Gasteiger charge is -2.44. The number of methoxy groups -OCH3 is 2. The van der Waals surface area contributed by atoms with Gasteiger partial charge in [0, 0.05) is 14.2 Å². The number of ether oxygens (including phenoxy) is 2. The largest absolute Gasteiger partial charge is 0.379 e. The molecule has 0 saturated heterocycles. The van der Waals surface area contributed by atoms with Gasteiger partial charge in [0.25, 0.3) is 0 Å². The minimum Gasteiger partial charge on any atom is -0.379 e. The Morgan fingerprint density at radius 2 is 1.88 bits per heavy atom. The van der Waals surface area contributed by atoms with E-state index in [0.717, 1.165) is 48.2 Å². The quantitative estimate of drug-likeness (QED) is 0.354. The van der Waals surface area contributed by atoms with Crippen LogP contribution in [0.3, 0.4) is 0 Å². The minimum atomic E-state index is -0.00943. The van der Waals surface area contributed by atoms with E-state index >= 15 is 0 Å². The van der Waals surface area contributed by atoms with Gasteiger partial charge in [0.1, 0.15) is 6.10 Å². The van der Waals surface area contributed by atoms with E-state index < -0.39 is 0 Å². The normalized spacial score (nSPS) is 34.9. The first-order valence-corrected chi connectivity index (χ1v) is 13.0. The van der Waals surface area contributed by atoms with E-state index in [9.17, 15) is 0 Å². The monoisotopic (exact) mass is 440 g/mol. The summed E-state index contributed by atoms with van der Waals surface area (Å²) in [5.41, 5.74) is 5.78. The van der Waals surface area contributed by atoms with Gasteiger partial charge < -0.3 is 9.47 Å². The Morgan fingerprint density at radius 3 is 2.56 bits per heavy atom. The van der Waals surface area contributed by atoms with Crippen LogP contribution >= 0.6 is 0 Å². The molecule has 3 aliphatic rings. The van der Waals surface area contributed by atoms with Crippen molar-refractivity contribution in [3.63, 3.8) is 0 Å². The van der Waals surface area contributed by atoms with Gasteiger partial charge in [0.05, 0.1) is 5.60 Å². The second kappa shape index (κ2) is 10.4. The zero-order valence-corrected chi connectivity index (χ0v) is 21.8. The van der Waals surface area contributed by atoms with Crippen molar-refractivity contribution in [1.82, 2.24) is 0 Å². The molecular weight excluding hydrogens is 392 g/mol. The number of hydrogen-bond acceptors (Lipinski definition) is 2. The van der Waals surface area contributed by atoms with Gasteiger partial charge in [-0.2, -0.15) is 0 Å². The Balaban J connectivity index is 1.69. The van der Waals surface area contributed by atoms with E-state index in [1.54, 1.807) is 12.7 Å². The molecule has 0 unspecified atom stereocenters. The van der Waals surface area contributed by atoms with Crippen molar-refractivity contribution in [2.24, 2.45) is 23.2 Å². The fourth-order valence-corrected chi connectivity index (χ4v) is 7.08. The van der Waals surface area contributed by atoms with Gasteiger partial charge in [0.15, 0.2) is 0 Å². The second-order valence-electron chi connectivity index (χ2n) is 11.7. The van der Waals surface area contributed by atoms with Gasteiger partial charge in [-0.05, 0) is 105 Å². The van der Waals surface area contributed by atoms with Crippen molar-refractivity contribution in [3.8, 4) is 0 Å². The summed E-state index contributed by atoms with van der Waals surface area (Å²) in [6, 6.07) is 0. The highest BCUT2D eigenvalue weighted by molar-refractivity contribution is 5.43. The van der Waals surface area contributed by atoms with Crippen LogP contribution in [0.1, 0.15) is 91.9 Å². The van der Waals surface area contributed by atoms with Crippen LogP contribution in [0.15, 0.2) is 47.6 Å². The predicted molar refractivity (Wildman–Crippen MR) is 137 cm³/mol. The van der Waals surface area contributed by atoms with Crippen LogP contribution in [0.5, 0.6) is 0 Å². The molecule has 0 N–H and O–H groups in total. The summed E-state index contributed by atoms with van der Waals surface area (Å²) in [6.07, 6.45) is 17.4. The lowest BCUT2D eigenvalue weighted by molar-refractivity contribution is 0.0108. The Kier molecular flexibility index (Phi) is 8.31. The third-order valence-corrected chi connectivity index (χ3v) is 9.27. The van der Waals surface area contributed by atoms with Crippen LogP contribution < -0.4 is 0 Å². The van der Waals surface area contributed by atoms with Gasteiger partial charge in [-0.25, -0.2) is 0 Å². The van der Waals surface area contributed by atoms with E-state index in [1.807, 2.05) is 7.11 Å². The highest BCUT2D eigenvalue weighted by Gasteiger charge is 2.50. The lowest BCUT2D eigenvalue weighted by atomic mass is 9.60. The molecule has 0 spiro atoms. The summed E-state index contributed by atoms with van der Waals surface area (Å²) in [7, 11) is 3.61. The molecule has 0 aromatic rings. The van der Waals surface area contributed by atoms with Crippen LogP contribution in [0.4, 0.5) is 0 Å². The molecule has 32 heavy (non-hydrogen) atoms. The summed E-state index contributed by atoms with van der Waals surface area (Å²) in [6.45, 7) is 18.1. The summed E-state index contributed by atoms with van der Waals surface area (Å²) in [4.78, 5) is 0. The van der Waals surface area contributed by atoms with E-state index in [1.165, 1.54) is 50.5 Å². The molecule has 0 aliphatic heterocycles. The molecule has 0 radical (unpaired) electrons. The molecule has 2 nitrogen and oxygen atoms in total. The highest BCUT2D eigenvalue weighted by atomic mass is 16.5. The summed E-state index contributed by atoms with van der Waals surface area (Å²) >= 11 is 0. The smallest absolute Gasteiger partial charge is 0.103 e. The molecule has 0 aromatic heterocycles. The third kappa shape index (κ3) is 5.33. The standard InChI is InChI=1S/C30H48O2/c1-21(11-9-19-29(4,5)32-8)26-17-18-27-25(12-10-20-30(26,27)6)16-15-24-14-13-22(2)28(31-7)23(24)3/h15-16,21,26-28H,2-3,9-14,17-20H2,1,4-8H3/b24-15-,25-16+/t21-,26+,27-,28-,30+/m0/s1. The second-order valence-corrected chi connectivity index (χ2v) is 11.7. The Hall–Kier alpha value is -1.12. The number of fused-ring (bicyclic) bond motifs is 1. The molecule has 0 amide bonds. The average Bonchev–Trinajstić information content (AvgIpc) is 3.11. The van der Waals surface area contributed by atoms with Crippen molar-refractivity contribution in [2.75, 3.05) is 14.2 Å². The van der Waals surface area contributed by atoms with Crippen LogP contribution in [0, 0.1) is 23.2 Å². The molecule has 0 aromatic carbocycles. The number of rotatable bonds is 8. The molecular formula is C30H48O2. The Morgan fingerprint density at radius 1 is 1.12 bits per heavy atom. The fraction of sp³-hybridized carbons (Fsp3) is 0.733. The molecule has 180 valence electrons. The topological polar surface area (TPSA) is 18.5 Å². The minimum absolute atomic E-state index is 0.00733. The zero-order chi connectivity index (χ0) is 23.5. The van der Waals surface area contributed by atoms with Gasteiger partial charge >= 0.3 is 0 Å². The van der Waals surface area contributed by atoms with Crippen molar-refractivity contribution in [3.05, 3.63) is 47.6 Å². The average molecular weight is 441 g/mol. The maximum absolute atomic E-state index is 5.66. The van der Waals surface area contributed by atoms with E-state index in [0.29, 0.717) is 5.41 Å². The molecule has 3 saturated carbocycles. The molecule has 5 atom stereocenters. The Labute approximate surface area is 198 Å². The Bertz CT molecular complexity index is 755. The SMILES string of the molecule is C=C1CC/C(=C/C=C2\CCC[C@]3(C)[C@@H]([C@@H](C)CCCC(C)(C)OC)CC[C@@H]23)C(=C)[C@H]1OC. The summed E-state index contributed by atoms with van der Waals surface area (Å²) < 4.78 is 11.3. The first kappa shape index (κ1) is 25.5. The molecule has 3 fully saturated rings. The number of allylic oxidation sites excluding steroid dienone is 3. The van der Waals surface area contributed by atoms with Crippen LogP contribution in [0.2, 0.25) is 0 Å². The predicted octanol–water partition coefficient (Wildman–Crippen LogP) is 8.21. The first-order valence-electron chi connectivity index (χ1n) is 13.0. The zero-order valence-electron chi connectivity index (χ0n) is 21.8. The van der Waals surface area contributed by atoms with Crippen LogP contribution in [0.25, 0.3) is 0 Å². The summed E-state index contributed by atoms with van der Waals surface area (Å²) in [5.74, 6) is 2.39. The van der Waals surface area contributed by atoms with Gasteiger partial charge in [-0.15, -0.1) is 0 Å². The van der Waals surface area contributed by atoms with Crippen molar-refractivity contribution in [2.45, 2.75) is 104 Å². The molecule has 0 bridgehead atoms. The van der Waals surface area contributed by atoms with Crippen molar-refractivity contribution >= 4 is 0 Å². The highest BCUT2D eigenvalue weighted by Crippen LogP contribution is 2.60. The third-order valence-electron chi connectivity index (χ3n) is 9.27. The fourth-order valence-electron chi connectivity index (χ4n) is 7.08. The molecule has 3 aliphatic carbocycles. The molecule has 3 rings (SSSR count). The molecule has 2 heteroatoms. The van der Waals surface area contributed by atoms with Crippen LogP contribution in [-0.4, -0.2) is 25.9 Å². The maximum atomic E-state index is 5.66.